The van der Waals surface area contributed by atoms with Crippen LogP contribution in [0.15, 0.2) is 54.6 Å². The number of carbonyl (C=O) groups is 2. The molecule has 8 heteroatoms. The van der Waals surface area contributed by atoms with E-state index >= 15 is 0 Å². The number of carboxylic acids is 1. The predicted molar refractivity (Wildman–Crippen MR) is 123 cm³/mol. The molecule has 1 N–H and O–H groups in total. The van der Waals surface area contributed by atoms with Gasteiger partial charge < -0.3 is 9.84 Å². The third-order valence-corrected chi connectivity index (χ3v) is 5.44. The summed E-state index contributed by atoms with van der Waals surface area (Å²) in [7, 11) is 0. The number of aliphatic carboxylic acids is 1. The zero-order valence-corrected chi connectivity index (χ0v) is 18.8. The van der Waals surface area contributed by atoms with Crippen molar-refractivity contribution >= 4 is 35.0 Å². The first-order valence-corrected chi connectivity index (χ1v) is 10.7. The van der Waals surface area contributed by atoms with E-state index in [2.05, 4.69) is 0 Å². The molecule has 0 aliphatic rings. The number of Topliss-reactive ketones (excluding diaryl/α,β-unsaturated/α-hetero) is 1. The molecule has 0 fully saturated rings. The van der Waals surface area contributed by atoms with E-state index in [4.69, 9.17) is 33.0 Å². The van der Waals surface area contributed by atoms with Crippen LogP contribution in [0.1, 0.15) is 39.9 Å². The van der Waals surface area contributed by atoms with E-state index in [1.54, 1.807) is 18.2 Å². The van der Waals surface area contributed by atoms with Crippen molar-refractivity contribution in [2.24, 2.45) is 0 Å². The van der Waals surface area contributed by atoms with Crippen LogP contribution in [0.2, 0.25) is 10.0 Å². The van der Waals surface area contributed by atoms with Crippen molar-refractivity contribution in [1.29, 1.82) is 5.26 Å². The molecule has 0 amide bonds. The van der Waals surface area contributed by atoms with Crippen LogP contribution < -0.4 is 4.74 Å². The Bertz CT molecular complexity index is 1250. The number of aryl methyl sites for hydroxylation is 1. The summed E-state index contributed by atoms with van der Waals surface area (Å²) in [6.45, 7) is 0. The van der Waals surface area contributed by atoms with Crippen molar-refractivity contribution in [2.45, 2.75) is 25.7 Å². The Labute approximate surface area is 199 Å². The van der Waals surface area contributed by atoms with Gasteiger partial charge in [0.1, 0.15) is 23.4 Å². The highest BCUT2D eigenvalue weighted by Crippen LogP contribution is 2.28. The van der Waals surface area contributed by atoms with E-state index < -0.39 is 11.8 Å². The lowest BCUT2D eigenvalue weighted by molar-refractivity contribution is -0.136. The smallest absolute Gasteiger partial charge is 0.307 e. The first-order valence-electron chi connectivity index (χ1n) is 9.96. The zero-order chi connectivity index (χ0) is 24.0. The van der Waals surface area contributed by atoms with Gasteiger partial charge in [-0.2, -0.15) is 5.26 Å². The number of benzene rings is 3. The summed E-state index contributed by atoms with van der Waals surface area (Å²) in [6.07, 6.45) is 0.954. The van der Waals surface area contributed by atoms with Gasteiger partial charge in [0.15, 0.2) is 5.78 Å². The number of hydrogen-bond acceptors (Lipinski definition) is 4. The van der Waals surface area contributed by atoms with Crippen LogP contribution in [0.3, 0.4) is 0 Å². The van der Waals surface area contributed by atoms with Crippen LogP contribution >= 0.6 is 23.2 Å². The molecule has 0 atom stereocenters. The van der Waals surface area contributed by atoms with Crippen LogP contribution in [-0.2, 0) is 17.6 Å². The Morgan fingerprint density at radius 3 is 2.52 bits per heavy atom. The van der Waals surface area contributed by atoms with Gasteiger partial charge in [0.05, 0.1) is 17.5 Å². The molecule has 0 aliphatic heterocycles. The predicted octanol–water partition coefficient (Wildman–Crippen LogP) is 6.63. The van der Waals surface area contributed by atoms with Crippen molar-refractivity contribution in [3.8, 4) is 17.6 Å². The van der Waals surface area contributed by atoms with Crippen LogP contribution in [0.25, 0.3) is 0 Å². The molecule has 3 aromatic rings. The molecule has 0 saturated heterocycles. The second kappa shape index (κ2) is 11.0. The minimum Gasteiger partial charge on any atom is -0.481 e. The third kappa shape index (κ3) is 6.55. The summed E-state index contributed by atoms with van der Waals surface area (Å²) in [5, 5.41) is 19.2. The summed E-state index contributed by atoms with van der Waals surface area (Å²) >= 11 is 12.0. The van der Waals surface area contributed by atoms with Gasteiger partial charge in [0, 0.05) is 22.5 Å². The number of nitriles is 1. The lowest BCUT2D eigenvalue weighted by Gasteiger charge is -2.10. The average molecular weight is 486 g/mol. The maximum atomic E-state index is 14.6. The van der Waals surface area contributed by atoms with E-state index in [0.717, 1.165) is 11.6 Å². The highest BCUT2D eigenvalue weighted by Gasteiger charge is 2.15. The SMILES string of the molecule is N#Cc1cc(CC(=O)O)ccc1Oc1ccc(C(=O)CCCc2ccc(Cl)cc2Cl)c(F)c1. The van der Waals surface area contributed by atoms with Gasteiger partial charge in [-0.1, -0.05) is 35.3 Å². The van der Waals surface area contributed by atoms with Gasteiger partial charge in [-0.15, -0.1) is 0 Å². The van der Waals surface area contributed by atoms with E-state index in [-0.39, 0.29) is 41.3 Å². The van der Waals surface area contributed by atoms with E-state index in [0.29, 0.717) is 28.5 Å². The molecule has 33 heavy (non-hydrogen) atoms. The molecule has 0 bridgehead atoms. The quantitative estimate of drug-likeness (QED) is 0.343. The molecule has 3 rings (SSSR count). The third-order valence-electron chi connectivity index (χ3n) is 4.85. The molecular formula is C25H18Cl2FNO4. The second-order valence-electron chi connectivity index (χ2n) is 7.27. The first kappa shape index (κ1) is 24.2. The van der Waals surface area contributed by atoms with Gasteiger partial charge in [-0.3, -0.25) is 9.59 Å². The number of ether oxygens (including phenoxy) is 1. The maximum Gasteiger partial charge on any atom is 0.307 e. The van der Waals surface area contributed by atoms with Gasteiger partial charge in [-0.05, 0) is 60.4 Å². The Balaban J connectivity index is 1.65. The van der Waals surface area contributed by atoms with Gasteiger partial charge in [0.2, 0.25) is 0 Å². The molecular weight excluding hydrogens is 468 g/mol. The number of carboxylic acid groups (broad SMARTS) is 1. The van der Waals surface area contributed by atoms with Crippen LogP contribution in [-0.4, -0.2) is 16.9 Å². The number of carbonyl (C=O) groups excluding carboxylic acids is 1. The highest BCUT2D eigenvalue weighted by molar-refractivity contribution is 6.35. The fourth-order valence-corrected chi connectivity index (χ4v) is 3.75. The van der Waals surface area contributed by atoms with Gasteiger partial charge in [0.25, 0.3) is 0 Å². The monoisotopic (exact) mass is 485 g/mol. The molecule has 0 heterocycles. The average Bonchev–Trinajstić information content (AvgIpc) is 2.76. The Morgan fingerprint density at radius 1 is 1.06 bits per heavy atom. The molecule has 0 radical (unpaired) electrons. The molecule has 0 unspecified atom stereocenters. The normalized spacial score (nSPS) is 10.5. The van der Waals surface area contributed by atoms with E-state index in [1.807, 2.05) is 6.07 Å². The minimum atomic E-state index is -1.02. The molecule has 3 aromatic carbocycles. The van der Waals surface area contributed by atoms with Crippen molar-refractivity contribution in [3.63, 3.8) is 0 Å². The molecule has 5 nitrogen and oxygen atoms in total. The summed E-state index contributed by atoms with van der Waals surface area (Å²) in [4.78, 5) is 23.3. The van der Waals surface area contributed by atoms with E-state index in [1.165, 1.54) is 30.3 Å². The van der Waals surface area contributed by atoms with Gasteiger partial charge in [-0.25, -0.2) is 4.39 Å². The van der Waals surface area contributed by atoms with Crippen LogP contribution in [0, 0.1) is 17.1 Å². The number of rotatable bonds is 9. The summed E-state index contributed by atoms with van der Waals surface area (Å²) in [6, 6.07) is 15.3. The second-order valence-corrected chi connectivity index (χ2v) is 8.11. The molecule has 0 aromatic heterocycles. The fraction of sp³-hybridized carbons (Fsp3) is 0.160. The Morgan fingerprint density at radius 2 is 1.85 bits per heavy atom. The largest absolute Gasteiger partial charge is 0.481 e. The lowest BCUT2D eigenvalue weighted by Crippen LogP contribution is -2.04. The van der Waals surface area contributed by atoms with Crippen molar-refractivity contribution in [1.82, 2.24) is 0 Å². The molecule has 0 saturated carbocycles. The Kier molecular flexibility index (Phi) is 8.05. The molecule has 168 valence electrons. The molecule has 0 spiro atoms. The van der Waals surface area contributed by atoms with Crippen LogP contribution in [0.5, 0.6) is 11.5 Å². The minimum absolute atomic E-state index is 0.0538. The fourth-order valence-electron chi connectivity index (χ4n) is 3.25. The number of halogens is 3. The van der Waals surface area contributed by atoms with E-state index in [9.17, 15) is 19.2 Å². The first-order chi connectivity index (χ1) is 15.8. The number of hydrogen-bond donors (Lipinski definition) is 1. The highest BCUT2D eigenvalue weighted by atomic mass is 35.5. The standard InChI is InChI=1S/C25H18Cl2FNO4/c26-18-6-5-16(21(27)12-18)2-1-3-23(30)20-8-7-19(13-22(20)28)33-24-9-4-15(11-25(31)32)10-17(24)14-29/h4-10,12-13H,1-3,11H2,(H,31,32). The van der Waals surface area contributed by atoms with Crippen molar-refractivity contribution in [2.75, 3.05) is 0 Å². The zero-order valence-electron chi connectivity index (χ0n) is 17.3. The topological polar surface area (TPSA) is 87.4 Å². The van der Waals surface area contributed by atoms with Crippen molar-refractivity contribution < 1.29 is 23.8 Å². The number of ketones is 1. The Hall–Kier alpha value is -3.40. The molecule has 0 aliphatic carbocycles. The summed E-state index contributed by atoms with van der Waals surface area (Å²) in [5.74, 6) is -1.83. The van der Waals surface area contributed by atoms with Crippen molar-refractivity contribution in [3.05, 3.63) is 92.7 Å². The lowest BCUT2D eigenvalue weighted by atomic mass is 10.0. The van der Waals surface area contributed by atoms with Crippen LogP contribution in [0.4, 0.5) is 4.39 Å². The summed E-state index contributed by atoms with van der Waals surface area (Å²) < 4.78 is 20.2. The summed E-state index contributed by atoms with van der Waals surface area (Å²) in [5.41, 5.74) is 1.37. The van der Waals surface area contributed by atoms with Gasteiger partial charge >= 0.3 is 5.97 Å². The maximum absolute atomic E-state index is 14.6. The number of nitrogens with zero attached hydrogens (tertiary/aromatic N) is 1.